The minimum atomic E-state index is -1.45. The van der Waals surface area contributed by atoms with Gasteiger partial charge in [-0.2, -0.15) is 0 Å². The van der Waals surface area contributed by atoms with Crippen LogP contribution in [-0.4, -0.2) is 6.54 Å². The molecule has 2 aromatic carbocycles. The standard InChI is InChI=1S/C15H12Br2F3N/c1-2-21-15(9-4-3-8(16)7-11(9)17)10-5-6-12(18)14(20)13(10)19/h3-7,15,21H,2H2,1H3. The lowest BCUT2D eigenvalue weighted by atomic mass is 9.98. The summed E-state index contributed by atoms with van der Waals surface area (Å²) >= 11 is 6.75. The molecule has 0 bridgehead atoms. The van der Waals surface area contributed by atoms with E-state index in [-0.39, 0.29) is 5.56 Å². The van der Waals surface area contributed by atoms with Crippen LogP contribution >= 0.6 is 31.9 Å². The number of hydrogen-bond acceptors (Lipinski definition) is 1. The Hall–Kier alpha value is -0.850. The van der Waals surface area contributed by atoms with E-state index in [0.717, 1.165) is 20.6 Å². The molecular weight excluding hydrogens is 411 g/mol. The summed E-state index contributed by atoms with van der Waals surface area (Å²) < 4.78 is 42.2. The molecule has 1 unspecified atom stereocenters. The topological polar surface area (TPSA) is 12.0 Å². The third-order valence-corrected chi connectivity index (χ3v) is 4.24. The number of hydrogen-bond donors (Lipinski definition) is 1. The molecular formula is C15H12Br2F3N. The van der Waals surface area contributed by atoms with E-state index in [9.17, 15) is 13.2 Å². The van der Waals surface area contributed by atoms with Gasteiger partial charge in [-0.15, -0.1) is 0 Å². The van der Waals surface area contributed by atoms with Gasteiger partial charge in [0.1, 0.15) is 0 Å². The molecule has 0 aliphatic rings. The Morgan fingerprint density at radius 2 is 1.67 bits per heavy atom. The molecule has 0 saturated heterocycles. The fraction of sp³-hybridized carbons (Fsp3) is 0.200. The van der Waals surface area contributed by atoms with Gasteiger partial charge < -0.3 is 5.32 Å². The number of benzene rings is 2. The Morgan fingerprint density at radius 1 is 1.00 bits per heavy atom. The Kier molecular flexibility index (Phi) is 5.46. The van der Waals surface area contributed by atoms with E-state index < -0.39 is 23.5 Å². The highest BCUT2D eigenvalue weighted by molar-refractivity contribution is 9.11. The molecule has 1 N–H and O–H groups in total. The van der Waals surface area contributed by atoms with Crippen molar-refractivity contribution >= 4 is 31.9 Å². The third-order valence-electron chi connectivity index (χ3n) is 3.06. The van der Waals surface area contributed by atoms with Gasteiger partial charge in [-0.1, -0.05) is 50.9 Å². The molecule has 0 aliphatic carbocycles. The summed E-state index contributed by atoms with van der Waals surface area (Å²) in [6.07, 6.45) is 0. The van der Waals surface area contributed by atoms with E-state index >= 15 is 0 Å². The lowest BCUT2D eigenvalue weighted by molar-refractivity contribution is 0.433. The Morgan fingerprint density at radius 3 is 2.29 bits per heavy atom. The zero-order valence-corrected chi connectivity index (χ0v) is 14.2. The fourth-order valence-electron chi connectivity index (χ4n) is 2.09. The van der Waals surface area contributed by atoms with E-state index in [2.05, 4.69) is 37.2 Å². The predicted octanol–water partition coefficient (Wildman–Crippen LogP) is 5.33. The van der Waals surface area contributed by atoms with Crippen molar-refractivity contribution in [3.8, 4) is 0 Å². The SMILES string of the molecule is CCNC(c1ccc(Br)cc1Br)c1ccc(F)c(F)c1F. The van der Waals surface area contributed by atoms with Crippen molar-refractivity contribution in [3.05, 3.63) is 67.9 Å². The molecule has 0 spiro atoms. The molecule has 1 nitrogen and oxygen atoms in total. The molecule has 0 fully saturated rings. The van der Waals surface area contributed by atoms with Gasteiger partial charge in [0.2, 0.25) is 0 Å². The van der Waals surface area contributed by atoms with Gasteiger partial charge in [0, 0.05) is 14.5 Å². The van der Waals surface area contributed by atoms with Crippen LogP contribution < -0.4 is 5.32 Å². The summed E-state index contributed by atoms with van der Waals surface area (Å²) in [5.74, 6) is -3.82. The first-order valence-corrected chi connectivity index (χ1v) is 7.86. The van der Waals surface area contributed by atoms with Gasteiger partial charge in [0.15, 0.2) is 17.5 Å². The Balaban J connectivity index is 2.56. The molecule has 0 radical (unpaired) electrons. The van der Waals surface area contributed by atoms with Crippen LogP contribution in [0.3, 0.4) is 0 Å². The molecule has 21 heavy (non-hydrogen) atoms. The van der Waals surface area contributed by atoms with E-state index in [0.29, 0.717) is 6.54 Å². The van der Waals surface area contributed by atoms with Gasteiger partial charge in [0.25, 0.3) is 0 Å². The van der Waals surface area contributed by atoms with E-state index in [1.54, 1.807) is 6.07 Å². The van der Waals surface area contributed by atoms with Gasteiger partial charge in [-0.3, -0.25) is 0 Å². The van der Waals surface area contributed by atoms with Crippen molar-refractivity contribution in [1.82, 2.24) is 5.32 Å². The molecule has 112 valence electrons. The van der Waals surface area contributed by atoms with Gasteiger partial charge in [-0.05, 0) is 30.3 Å². The van der Waals surface area contributed by atoms with Crippen LogP contribution in [0.1, 0.15) is 24.1 Å². The summed E-state index contributed by atoms with van der Waals surface area (Å²) in [5, 5.41) is 3.09. The average molecular weight is 423 g/mol. The van der Waals surface area contributed by atoms with Gasteiger partial charge in [0.05, 0.1) is 6.04 Å². The van der Waals surface area contributed by atoms with Crippen molar-refractivity contribution in [2.24, 2.45) is 0 Å². The summed E-state index contributed by atoms with van der Waals surface area (Å²) in [6, 6.07) is 7.04. The number of halogens is 5. The normalized spacial score (nSPS) is 12.5. The number of nitrogens with one attached hydrogen (secondary N) is 1. The predicted molar refractivity (Wildman–Crippen MR) is 83.7 cm³/mol. The second-order valence-corrected chi connectivity index (χ2v) is 6.19. The maximum Gasteiger partial charge on any atom is 0.194 e. The zero-order chi connectivity index (χ0) is 15.6. The Labute approximate surface area is 137 Å². The summed E-state index contributed by atoms with van der Waals surface area (Å²) in [4.78, 5) is 0. The zero-order valence-electron chi connectivity index (χ0n) is 11.1. The first-order chi connectivity index (χ1) is 9.95. The monoisotopic (exact) mass is 421 g/mol. The van der Waals surface area contributed by atoms with Crippen LogP contribution in [-0.2, 0) is 0 Å². The first-order valence-electron chi connectivity index (χ1n) is 6.27. The fourth-order valence-corrected chi connectivity index (χ4v) is 3.37. The average Bonchev–Trinajstić information content (AvgIpc) is 2.44. The minimum Gasteiger partial charge on any atom is -0.306 e. The summed E-state index contributed by atoms with van der Waals surface area (Å²) in [5.41, 5.74) is 0.809. The molecule has 0 heterocycles. The summed E-state index contributed by atoms with van der Waals surface area (Å²) in [7, 11) is 0. The highest BCUT2D eigenvalue weighted by atomic mass is 79.9. The van der Waals surface area contributed by atoms with Gasteiger partial charge in [-0.25, -0.2) is 13.2 Å². The lowest BCUT2D eigenvalue weighted by Gasteiger charge is -2.21. The van der Waals surface area contributed by atoms with Crippen LogP contribution in [0.25, 0.3) is 0 Å². The van der Waals surface area contributed by atoms with Crippen LogP contribution in [0.4, 0.5) is 13.2 Å². The maximum absolute atomic E-state index is 14.1. The van der Waals surface area contributed by atoms with Crippen LogP contribution in [0.2, 0.25) is 0 Å². The Bertz CT molecular complexity index is 662. The van der Waals surface area contributed by atoms with E-state index in [4.69, 9.17) is 0 Å². The molecule has 0 aromatic heterocycles. The van der Waals surface area contributed by atoms with Crippen molar-refractivity contribution in [1.29, 1.82) is 0 Å². The molecule has 1 atom stereocenters. The van der Waals surface area contributed by atoms with Crippen molar-refractivity contribution in [2.45, 2.75) is 13.0 Å². The third kappa shape index (κ3) is 3.49. The van der Waals surface area contributed by atoms with Crippen LogP contribution in [0.5, 0.6) is 0 Å². The van der Waals surface area contributed by atoms with Crippen molar-refractivity contribution < 1.29 is 13.2 Å². The van der Waals surface area contributed by atoms with Crippen LogP contribution in [0.15, 0.2) is 39.3 Å². The molecule has 0 amide bonds. The van der Waals surface area contributed by atoms with Gasteiger partial charge >= 0.3 is 0 Å². The first kappa shape index (κ1) is 16.5. The summed E-state index contributed by atoms with van der Waals surface area (Å²) in [6.45, 7) is 2.41. The highest BCUT2D eigenvalue weighted by Crippen LogP contribution is 2.33. The molecule has 6 heteroatoms. The van der Waals surface area contributed by atoms with Crippen molar-refractivity contribution in [3.63, 3.8) is 0 Å². The smallest absolute Gasteiger partial charge is 0.194 e. The number of rotatable bonds is 4. The quantitative estimate of drug-likeness (QED) is 0.656. The van der Waals surface area contributed by atoms with E-state index in [1.165, 1.54) is 6.07 Å². The molecule has 0 aliphatic heterocycles. The maximum atomic E-state index is 14.1. The molecule has 2 aromatic rings. The molecule has 0 saturated carbocycles. The van der Waals surface area contributed by atoms with E-state index in [1.807, 2.05) is 19.1 Å². The highest BCUT2D eigenvalue weighted by Gasteiger charge is 2.23. The lowest BCUT2D eigenvalue weighted by Crippen LogP contribution is -2.24. The second kappa shape index (κ2) is 6.94. The minimum absolute atomic E-state index is 0.0683. The second-order valence-electron chi connectivity index (χ2n) is 4.42. The van der Waals surface area contributed by atoms with Crippen molar-refractivity contribution in [2.75, 3.05) is 6.54 Å². The molecule has 2 rings (SSSR count). The van der Waals surface area contributed by atoms with Crippen LogP contribution in [0, 0.1) is 17.5 Å². The largest absolute Gasteiger partial charge is 0.306 e.